The van der Waals surface area contributed by atoms with E-state index in [4.69, 9.17) is 4.74 Å². The van der Waals surface area contributed by atoms with Crippen LogP contribution in [0.5, 0.6) is 5.75 Å². The molecular formula is C16H13N5O. The van der Waals surface area contributed by atoms with E-state index in [9.17, 15) is 5.26 Å². The molecule has 0 saturated heterocycles. The first-order valence-corrected chi connectivity index (χ1v) is 6.83. The summed E-state index contributed by atoms with van der Waals surface area (Å²) < 4.78 is 7.07. The SMILES string of the molecule is CCOc1ccc(-n2nnc(C#N)c2-c2ccncc2)cc1. The van der Waals surface area contributed by atoms with Crippen molar-refractivity contribution in [1.29, 1.82) is 5.26 Å². The van der Waals surface area contributed by atoms with Gasteiger partial charge in [0.2, 0.25) is 0 Å². The maximum atomic E-state index is 9.25. The summed E-state index contributed by atoms with van der Waals surface area (Å²) in [5.41, 5.74) is 2.57. The molecule has 0 atom stereocenters. The number of nitrogens with zero attached hydrogens (tertiary/aromatic N) is 5. The van der Waals surface area contributed by atoms with Crippen LogP contribution in [0.3, 0.4) is 0 Å². The number of hydrogen-bond acceptors (Lipinski definition) is 5. The Kier molecular flexibility index (Phi) is 3.79. The summed E-state index contributed by atoms with van der Waals surface area (Å²) in [6, 6.07) is 13.2. The highest BCUT2D eigenvalue weighted by Crippen LogP contribution is 2.25. The number of pyridine rings is 1. The Hall–Kier alpha value is -3.20. The van der Waals surface area contributed by atoms with E-state index in [2.05, 4.69) is 21.4 Å². The number of ether oxygens (including phenoxy) is 1. The molecule has 6 nitrogen and oxygen atoms in total. The van der Waals surface area contributed by atoms with Crippen molar-refractivity contribution in [3.63, 3.8) is 0 Å². The fourth-order valence-electron chi connectivity index (χ4n) is 2.16. The molecule has 108 valence electrons. The molecule has 0 bridgehead atoms. The summed E-state index contributed by atoms with van der Waals surface area (Å²) in [6.07, 6.45) is 3.35. The Morgan fingerprint density at radius 1 is 1.14 bits per heavy atom. The fourth-order valence-corrected chi connectivity index (χ4v) is 2.16. The van der Waals surface area contributed by atoms with Gasteiger partial charge in [-0.1, -0.05) is 5.21 Å². The van der Waals surface area contributed by atoms with Crippen molar-refractivity contribution in [3.05, 3.63) is 54.5 Å². The van der Waals surface area contributed by atoms with Gasteiger partial charge in [0.25, 0.3) is 0 Å². The first-order valence-electron chi connectivity index (χ1n) is 6.83. The molecule has 0 aliphatic rings. The molecule has 0 saturated carbocycles. The Bertz CT molecular complexity index is 803. The van der Waals surface area contributed by atoms with Crippen LogP contribution in [0.25, 0.3) is 16.9 Å². The highest BCUT2D eigenvalue weighted by Gasteiger charge is 2.16. The average molecular weight is 291 g/mol. The van der Waals surface area contributed by atoms with E-state index in [1.807, 2.05) is 43.3 Å². The zero-order chi connectivity index (χ0) is 15.4. The van der Waals surface area contributed by atoms with Gasteiger partial charge in [-0.05, 0) is 43.3 Å². The van der Waals surface area contributed by atoms with Gasteiger partial charge in [-0.25, -0.2) is 4.68 Å². The molecule has 22 heavy (non-hydrogen) atoms. The summed E-state index contributed by atoms with van der Waals surface area (Å²) in [4.78, 5) is 4.00. The molecule has 0 aliphatic heterocycles. The van der Waals surface area contributed by atoms with Crippen LogP contribution in [0, 0.1) is 11.3 Å². The lowest BCUT2D eigenvalue weighted by atomic mass is 10.1. The zero-order valence-corrected chi connectivity index (χ0v) is 12.0. The minimum atomic E-state index is 0.278. The maximum absolute atomic E-state index is 9.25. The number of rotatable bonds is 4. The molecule has 2 heterocycles. The zero-order valence-electron chi connectivity index (χ0n) is 12.0. The second-order valence-electron chi connectivity index (χ2n) is 4.47. The second-order valence-corrected chi connectivity index (χ2v) is 4.47. The molecule has 0 spiro atoms. The molecule has 0 radical (unpaired) electrons. The normalized spacial score (nSPS) is 10.2. The van der Waals surface area contributed by atoms with Crippen molar-refractivity contribution in [2.75, 3.05) is 6.61 Å². The van der Waals surface area contributed by atoms with Crippen LogP contribution in [-0.2, 0) is 0 Å². The van der Waals surface area contributed by atoms with Crippen LogP contribution in [0.15, 0.2) is 48.8 Å². The highest BCUT2D eigenvalue weighted by molar-refractivity contribution is 5.66. The van der Waals surface area contributed by atoms with Gasteiger partial charge in [0.15, 0.2) is 5.69 Å². The average Bonchev–Trinajstić information content (AvgIpc) is 3.00. The lowest BCUT2D eigenvalue weighted by molar-refractivity contribution is 0.340. The van der Waals surface area contributed by atoms with Gasteiger partial charge in [-0.3, -0.25) is 4.98 Å². The minimum absolute atomic E-state index is 0.278. The second kappa shape index (κ2) is 6.06. The van der Waals surface area contributed by atoms with Crippen LogP contribution in [0.4, 0.5) is 0 Å². The Labute approximate surface area is 127 Å². The van der Waals surface area contributed by atoms with E-state index in [0.29, 0.717) is 12.3 Å². The third kappa shape index (κ3) is 2.52. The number of aromatic nitrogens is 4. The van der Waals surface area contributed by atoms with E-state index in [-0.39, 0.29) is 5.69 Å². The molecule has 0 unspecified atom stereocenters. The molecule has 0 N–H and O–H groups in total. The van der Waals surface area contributed by atoms with Crippen molar-refractivity contribution in [1.82, 2.24) is 20.0 Å². The lowest BCUT2D eigenvalue weighted by Crippen LogP contribution is -2.00. The van der Waals surface area contributed by atoms with Gasteiger partial charge in [0, 0.05) is 18.0 Å². The van der Waals surface area contributed by atoms with E-state index in [1.54, 1.807) is 17.1 Å². The molecule has 0 fully saturated rings. The molecule has 0 aliphatic carbocycles. The third-order valence-electron chi connectivity index (χ3n) is 3.12. The van der Waals surface area contributed by atoms with Crippen molar-refractivity contribution in [2.24, 2.45) is 0 Å². The summed E-state index contributed by atoms with van der Waals surface area (Å²) >= 11 is 0. The molecule has 3 rings (SSSR count). The predicted octanol–water partition coefficient (Wildman–Crippen LogP) is 2.60. The first kappa shape index (κ1) is 13.8. The molecule has 2 aromatic heterocycles. The number of hydrogen-bond donors (Lipinski definition) is 0. The number of nitriles is 1. The van der Waals surface area contributed by atoms with Crippen LogP contribution < -0.4 is 4.74 Å². The summed E-state index contributed by atoms with van der Waals surface area (Å²) in [7, 11) is 0. The van der Waals surface area contributed by atoms with Crippen LogP contribution in [-0.4, -0.2) is 26.6 Å². The smallest absolute Gasteiger partial charge is 0.191 e. The standard InChI is InChI=1S/C16H13N5O/c1-2-22-14-5-3-13(4-6-14)21-16(15(11-17)19-20-21)12-7-9-18-10-8-12/h3-10H,2H2,1H3. The number of benzene rings is 1. The van der Waals surface area contributed by atoms with Crippen LogP contribution in [0.1, 0.15) is 12.6 Å². The quantitative estimate of drug-likeness (QED) is 0.738. The summed E-state index contributed by atoms with van der Waals surface area (Å²) in [6.45, 7) is 2.55. The van der Waals surface area contributed by atoms with Gasteiger partial charge < -0.3 is 4.74 Å². The van der Waals surface area contributed by atoms with Crippen molar-refractivity contribution in [2.45, 2.75) is 6.92 Å². The topological polar surface area (TPSA) is 76.6 Å². The van der Waals surface area contributed by atoms with E-state index < -0.39 is 0 Å². The fraction of sp³-hybridized carbons (Fsp3) is 0.125. The van der Waals surface area contributed by atoms with E-state index in [1.165, 1.54) is 0 Å². The Balaban J connectivity index is 2.08. The van der Waals surface area contributed by atoms with E-state index in [0.717, 1.165) is 17.0 Å². The Morgan fingerprint density at radius 3 is 2.50 bits per heavy atom. The molecule has 0 amide bonds. The van der Waals surface area contributed by atoms with E-state index >= 15 is 0 Å². The summed E-state index contributed by atoms with van der Waals surface area (Å²) in [5.74, 6) is 0.789. The molecular weight excluding hydrogens is 278 g/mol. The van der Waals surface area contributed by atoms with Crippen molar-refractivity contribution < 1.29 is 4.74 Å². The van der Waals surface area contributed by atoms with Crippen molar-refractivity contribution >= 4 is 0 Å². The molecule has 3 aromatic rings. The third-order valence-corrected chi connectivity index (χ3v) is 3.12. The molecule has 1 aromatic carbocycles. The summed E-state index contributed by atoms with van der Waals surface area (Å²) in [5, 5.41) is 17.3. The van der Waals surface area contributed by atoms with Gasteiger partial charge in [-0.15, -0.1) is 5.10 Å². The predicted molar refractivity (Wildman–Crippen MR) is 80.5 cm³/mol. The Morgan fingerprint density at radius 2 is 1.86 bits per heavy atom. The van der Waals surface area contributed by atoms with Gasteiger partial charge in [0.05, 0.1) is 12.3 Å². The lowest BCUT2D eigenvalue weighted by Gasteiger charge is -2.08. The largest absolute Gasteiger partial charge is 0.494 e. The van der Waals surface area contributed by atoms with Crippen LogP contribution in [0.2, 0.25) is 0 Å². The highest BCUT2D eigenvalue weighted by atomic mass is 16.5. The van der Waals surface area contributed by atoms with Crippen LogP contribution >= 0.6 is 0 Å². The molecule has 6 heteroatoms. The van der Waals surface area contributed by atoms with Gasteiger partial charge in [-0.2, -0.15) is 5.26 Å². The first-order chi connectivity index (χ1) is 10.8. The minimum Gasteiger partial charge on any atom is -0.494 e. The monoisotopic (exact) mass is 291 g/mol. The maximum Gasteiger partial charge on any atom is 0.191 e. The van der Waals surface area contributed by atoms with Crippen molar-refractivity contribution in [3.8, 4) is 28.8 Å². The van der Waals surface area contributed by atoms with Gasteiger partial charge >= 0.3 is 0 Å². The van der Waals surface area contributed by atoms with Gasteiger partial charge in [0.1, 0.15) is 17.5 Å².